The highest BCUT2D eigenvalue weighted by atomic mass is 19.1. The second-order valence-corrected chi connectivity index (χ2v) is 3.35. The van der Waals surface area contributed by atoms with Gasteiger partial charge in [-0.05, 0) is 19.1 Å². The maximum Gasteiger partial charge on any atom is 0.317 e. The molecule has 0 saturated heterocycles. The standard InChI is InChI=1S/C11H14FNO3/c1-7(13-6-10(14)15)11-8(12)4-3-5-9(11)16-2/h3-5,7,13H,6H2,1-2H3,(H,14,15). The third-order valence-electron chi connectivity index (χ3n) is 2.23. The maximum absolute atomic E-state index is 13.5. The lowest BCUT2D eigenvalue weighted by molar-refractivity contribution is -0.136. The van der Waals surface area contributed by atoms with Crippen LogP contribution in [0.15, 0.2) is 18.2 Å². The van der Waals surface area contributed by atoms with Crippen molar-refractivity contribution in [3.05, 3.63) is 29.6 Å². The molecule has 1 unspecified atom stereocenters. The van der Waals surface area contributed by atoms with Crippen LogP contribution in [0, 0.1) is 5.82 Å². The normalized spacial score (nSPS) is 12.2. The van der Waals surface area contributed by atoms with Gasteiger partial charge in [-0.1, -0.05) is 6.07 Å². The fourth-order valence-electron chi connectivity index (χ4n) is 1.46. The zero-order valence-electron chi connectivity index (χ0n) is 9.16. The van der Waals surface area contributed by atoms with Crippen molar-refractivity contribution in [3.8, 4) is 5.75 Å². The summed E-state index contributed by atoms with van der Waals surface area (Å²) in [7, 11) is 1.45. The Morgan fingerprint density at radius 3 is 2.88 bits per heavy atom. The summed E-state index contributed by atoms with van der Waals surface area (Å²) in [5.74, 6) is -0.989. The third kappa shape index (κ3) is 2.93. The molecule has 0 aromatic heterocycles. The van der Waals surface area contributed by atoms with Gasteiger partial charge in [0.2, 0.25) is 0 Å². The molecule has 0 aliphatic carbocycles. The number of benzene rings is 1. The number of aliphatic carboxylic acids is 1. The minimum Gasteiger partial charge on any atom is -0.496 e. The van der Waals surface area contributed by atoms with Gasteiger partial charge in [-0.3, -0.25) is 4.79 Å². The molecule has 0 bridgehead atoms. The average molecular weight is 227 g/mol. The van der Waals surface area contributed by atoms with Crippen LogP contribution < -0.4 is 10.1 Å². The van der Waals surface area contributed by atoms with Crippen molar-refractivity contribution in [2.75, 3.05) is 13.7 Å². The lowest BCUT2D eigenvalue weighted by atomic mass is 10.1. The van der Waals surface area contributed by atoms with Crippen LogP contribution in [0.4, 0.5) is 4.39 Å². The van der Waals surface area contributed by atoms with Gasteiger partial charge in [0.25, 0.3) is 0 Å². The summed E-state index contributed by atoms with van der Waals surface area (Å²) in [5.41, 5.74) is 0.339. The molecule has 0 radical (unpaired) electrons. The number of nitrogens with one attached hydrogen (secondary N) is 1. The van der Waals surface area contributed by atoms with E-state index in [2.05, 4.69) is 5.32 Å². The summed E-state index contributed by atoms with van der Waals surface area (Å²) >= 11 is 0. The van der Waals surface area contributed by atoms with Gasteiger partial charge in [0.15, 0.2) is 0 Å². The molecular formula is C11H14FNO3. The van der Waals surface area contributed by atoms with Crippen LogP contribution in [0.25, 0.3) is 0 Å². The molecule has 16 heavy (non-hydrogen) atoms. The summed E-state index contributed by atoms with van der Waals surface area (Å²) in [6.07, 6.45) is 0. The van der Waals surface area contributed by atoms with Gasteiger partial charge < -0.3 is 15.2 Å². The third-order valence-corrected chi connectivity index (χ3v) is 2.23. The predicted octanol–water partition coefficient (Wildman–Crippen LogP) is 1.57. The van der Waals surface area contributed by atoms with Crippen molar-refractivity contribution < 1.29 is 19.0 Å². The Bertz CT molecular complexity index is 381. The Hall–Kier alpha value is -1.62. The zero-order valence-corrected chi connectivity index (χ0v) is 9.16. The van der Waals surface area contributed by atoms with Gasteiger partial charge in [0.05, 0.1) is 13.7 Å². The molecule has 1 rings (SSSR count). The minimum absolute atomic E-state index is 0.224. The Balaban J connectivity index is 2.88. The fourth-order valence-corrected chi connectivity index (χ4v) is 1.46. The molecule has 0 heterocycles. The Kier molecular flexibility index (Phi) is 4.25. The number of carbonyl (C=O) groups is 1. The monoisotopic (exact) mass is 227 g/mol. The van der Waals surface area contributed by atoms with Crippen LogP contribution in [-0.4, -0.2) is 24.7 Å². The number of rotatable bonds is 5. The SMILES string of the molecule is COc1cccc(F)c1C(C)NCC(=O)O. The lowest BCUT2D eigenvalue weighted by Crippen LogP contribution is -2.26. The molecule has 0 aliphatic heterocycles. The molecule has 1 aromatic carbocycles. The van der Waals surface area contributed by atoms with Crippen molar-refractivity contribution in [2.45, 2.75) is 13.0 Å². The lowest BCUT2D eigenvalue weighted by Gasteiger charge is -2.16. The number of methoxy groups -OCH3 is 1. The minimum atomic E-state index is -0.984. The number of carboxylic acid groups (broad SMARTS) is 1. The molecule has 0 fully saturated rings. The molecule has 1 atom stereocenters. The van der Waals surface area contributed by atoms with Crippen LogP contribution in [0.3, 0.4) is 0 Å². The highest BCUT2D eigenvalue weighted by Crippen LogP contribution is 2.27. The highest BCUT2D eigenvalue weighted by Gasteiger charge is 2.16. The quantitative estimate of drug-likeness (QED) is 0.801. The molecular weight excluding hydrogens is 213 g/mol. The number of carboxylic acids is 1. The Morgan fingerprint density at radius 2 is 2.31 bits per heavy atom. The van der Waals surface area contributed by atoms with E-state index in [1.54, 1.807) is 19.1 Å². The fraction of sp³-hybridized carbons (Fsp3) is 0.364. The van der Waals surface area contributed by atoms with Gasteiger partial charge in [0.1, 0.15) is 11.6 Å². The van der Waals surface area contributed by atoms with E-state index in [0.29, 0.717) is 11.3 Å². The van der Waals surface area contributed by atoms with Crippen molar-refractivity contribution in [1.82, 2.24) is 5.32 Å². The summed E-state index contributed by atoms with van der Waals surface area (Å²) in [4.78, 5) is 10.4. The summed E-state index contributed by atoms with van der Waals surface area (Å²) in [6.45, 7) is 1.46. The van der Waals surface area contributed by atoms with E-state index in [9.17, 15) is 9.18 Å². The van der Waals surface area contributed by atoms with Gasteiger partial charge >= 0.3 is 5.97 Å². The van der Waals surface area contributed by atoms with Gasteiger partial charge in [-0.15, -0.1) is 0 Å². The topological polar surface area (TPSA) is 58.6 Å². The largest absolute Gasteiger partial charge is 0.496 e. The van der Waals surface area contributed by atoms with Crippen molar-refractivity contribution in [3.63, 3.8) is 0 Å². The number of halogens is 1. The molecule has 88 valence electrons. The number of ether oxygens (including phenoxy) is 1. The van der Waals surface area contributed by atoms with Crippen molar-refractivity contribution in [2.24, 2.45) is 0 Å². The first-order valence-electron chi connectivity index (χ1n) is 4.83. The van der Waals surface area contributed by atoms with Crippen LogP contribution >= 0.6 is 0 Å². The number of hydrogen-bond acceptors (Lipinski definition) is 3. The molecule has 0 aliphatic rings. The van der Waals surface area contributed by atoms with Crippen LogP contribution in [0.1, 0.15) is 18.5 Å². The van der Waals surface area contributed by atoms with E-state index >= 15 is 0 Å². The van der Waals surface area contributed by atoms with Crippen molar-refractivity contribution in [1.29, 1.82) is 0 Å². The zero-order chi connectivity index (χ0) is 12.1. The Labute approximate surface area is 93.0 Å². The summed E-state index contributed by atoms with van der Waals surface area (Å²) in [6, 6.07) is 4.07. The van der Waals surface area contributed by atoms with E-state index < -0.39 is 17.8 Å². The number of hydrogen-bond donors (Lipinski definition) is 2. The van der Waals surface area contributed by atoms with Crippen LogP contribution in [0.2, 0.25) is 0 Å². The van der Waals surface area contributed by atoms with Crippen LogP contribution in [-0.2, 0) is 4.79 Å². The predicted molar refractivity (Wildman–Crippen MR) is 57.0 cm³/mol. The van der Waals surface area contributed by atoms with Gasteiger partial charge in [0, 0.05) is 11.6 Å². The van der Waals surface area contributed by atoms with Crippen LogP contribution in [0.5, 0.6) is 5.75 Å². The van der Waals surface area contributed by atoms with E-state index in [1.165, 1.54) is 13.2 Å². The van der Waals surface area contributed by atoms with E-state index in [0.717, 1.165) is 0 Å². The first kappa shape index (κ1) is 12.4. The first-order chi connectivity index (χ1) is 7.56. The van der Waals surface area contributed by atoms with Crippen molar-refractivity contribution >= 4 is 5.97 Å². The van der Waals surface area contributed by atoms with E-state index in [1.807, 2.05) is 0 Å². The second kappa shape index (κ2) is 5.46. The highest BCUT2D eigenvalue weighted by molar-refractivity contribution is 5.69. The second-order valence-electron chi connectivity index (χ2n) is 3.35. The molecule has 4 nitrogen and oxygen atoms in total. The molecule has 0 amide bonds. The molecule has 1 aromatic rings. The maximum atomic E-state index is 13.5. The summed E-state index contributed by atoms with van der Waals surface area (Å²) < 4.78 is 18.6. The summed E-state index contributed by atoms with van der Waals surface area (Å²) in [5, 5.41) is 11.2. The van der Waals surface area contributed by atoms with E-state index in [-0.39, 0.29) is 6.54 Å². The van der Waals surface area contributed by atoms with E-state index in [4.69, 9.17) is 9.84 Å². The van der Waals surface area contributed by atoms with Gasteiger partial charge in [-0.25, -0.2) is 4.39 Å². The molecule has 5 heteroatoms. The smallest absolute Gasteiger partial charge is 0.317 e. The molecule has 0 saturated carbocycles. The Morgan fingerprint density at radius 1 is 1.62 bits per heavy atom. The average Bonchev–Trinajstić information content (AvgIpc) is 2.25. The molecule has 2 N–H and O–H groups in total. The molecule has 0 spiro atoms. The van der Waals surface area contributed by atoms with Gasteiger partial charge in [-0.2, -0.15) is 0 Å². The first-order valence-corrected chi connectivity index (χ1v) is 4.83.